The molecular weight excluding hydrogens is 1190 g/mol. The molecule has 3 saturated heterocycles. The summed E-state index contributed by atoms with van der Waals surface area (Å²) in [6.45, 7) is 7.32. The van der Waals surface area contributed by atoms with Crippen LogP contribution in [-0.4, -0.2) is 273 Å². The van der Waals surface area contributed by atoms with Gasteiger partial charge in [-0.15, -0.1) is 0 Å². The maximum atomic E-state index is 14.6. The lowest BCUT2D eigenvalue weighted by atomic mass is 10.1. The van der Waals surface area contributed by atoms with Gasteiger partial charge in [0.2, 0.25) is 29.5 Å². The van der Waals surface area contributed by atoms with Crippen molar-refractivity contribution in [2.24, 2.45) is 0 Å². The molecule has 29 heteroatoms. The Labute approximate surface area is 528 Å². The molecule has 91 heavy (non-hydrogen) atoms. The van der Waals surface area contributed by atoms with E-state index in [1.807, 2.05) is 47.1 Å². The van der Waals surface area contributed by atoms with Crippen LogP contribution in [0.4, 0.5) is 4.39 Å². The van der Waals surface area contributed by atoms with Crippen LogP contribution in [0.3, 0.4) is 0 Å². The number of nitrogens with one attached hydrogen (secondary N) is 4. The highest BCUT2D eigenvalue weighted by molar-refractivity contribution is 6.07. The number of methoxy groups -OCH3 is 1. The molecule has 5 N–H and O–H groups in total. The first-order valence-corrected chi connectivity index (χ1v) is 30.7. The van der Waals surface area contributed by atoms with Crippen molar-refractivity contribution in [2.75, 3.05) is 145 Å². The van der Waals surface area contributed by atoms with Gasteiger partial charge in [-0.2, -0.15) is 5.26 Å². The molecule has 2 aromatic carbocycles. The van der Waals surface area contributed by atoms with Gasteiger partial charge in [-0.1, -0.05) is 29.8 Å². The highest BCUT2D eigenvalue weighted by Gasteiger charge is 2.43. The zero-order valence-corrected chi connectivity index (χ0v) is 52.2. The minimum Gasteiger partial charge on any atom is -0.494 e. The average Bonchev–Trinajstić information content (AvgIpc) is 1.80. The van der Waals surface area contributed by atoms with Gasteiger partial charge in [0.1, 0.15) is 43.0 Å². The van der Waals surface area contributed by atoms with E-state index >= 15 is 0 Å². The molecule has 4 heterocycles. The summed E-state index contributed by atoms with van der Waals surface area (Å²) < 4.78 is 35.7. The number of alkyl halides is 1. The van der Waals surface area contributed by atoms with Gasteiger partial charge in [0.05, 0.1) is 63.5 Å². The molecule has 1 aromatic heterocycles. The first-order valence-electron chi connectivity index (χ1n) is 30.7. The maximum Gasteiger partial charge on any atom is 0.317 e. The Morgan fingerprint density at radius 3 is 2.04 bits per heavy atom. The van der Waals surface area contributed by atoms with E-state index in [1.165, 1.54) is 19.2 Å². The van der Waals surface area contributed by atoms with Crippen molar-refractivity contribution in [3.8, 4) is 11.8 Å². The number of aliphatic carboxylic acids is 1. The van der Waals surface area contributed by atoms with Gasteiger partial charge in [-0.05, 0) is 75.8 Å². The third-order valence-electron chi connectivity index (χ3n) is 16.0. The lowest BCUT2D eigenvalue weighted by Gasteiger charge is -2.36. The molecular formula is C62H86FN13O15. The Balaban J connectivity index is 1.05. The van der Waals surface area contributed by atoms with Crippen LogP contribution in [0.15, 0.2) is 54.7 Å². The number of hydrogen-bond acceptors (Lipinski definition) is 21. The highest BCUT2D eigenvalue weighted by atomic mass is 19.1. The molecule has 0 aliphatic carbocycles. The van der Waals surface area contributed by atoms with Crippen molar-refractivity contribution in [2.45, 2.75) is 89.0 Å². The molecule has 0 radical (unpaired) electrons. The molecule has 496 valence electrons. The fraction of sp³-hybridized carbons (Fsp3) is 0.581. The van der Waals surface area contributed by atoms with Crippen LogP contribution in [-0.2, 0) is 63.8 Å². The number of carbonyl (C=O) groups excluding carboxylic acids is 9. The number of esters is 1. The number of carboxylic acids is 1. The number of benzene rings is 2. The second-order valence-corrected chi connectivity index (χ2v) is 23.1. The Hall–Kier alpha value is -8.43. The Bertz CT molecular complexity index is 2980. The average molecular weight is 1270 g/mol. The number of ether oxygens (including phenoxy) is 4. The smallest absolute Gasteiger partial charge is 0.317 e. The molecule has 3 aliphatic heterocycles. The van der Waals surface area contributed by atoms with E-state index in [0.717, 1.165) is 23.1 Å². The lowest BCUT2D eigenvalue weighted by Crippen LogP contribution is -2.58. The zero-order valence-electron chi connectivity index (χ0n) is 52.2. The zero-order chi connectivity index (χ0) is 65.7. The predicted octanol–water partition coefficient (Wildman–Crippen LogP) is 0.0580. The molecule has 6 amide bonds. The standard InChI is InChI=1S/C62H86FN13O15/c1-45-10-12-46(13-11-45)7-4-9-54(79)66-17-5-8-52(68-55(80)38-71-20-21-72(39-57(82)83)23-25-74(42-90-44-78)27-26-73(24-22-71)41-89-43-77)60(86)69-53(34-58(84)88-3)61(87)75-30-28-70(29-31-75)19-6-32-91-48-14-15-51-50(33-48)49(16-18-65-51)59(85)67-37-56(81)76-40-62(2,63)35-47(76)36-64/h10-16,18,33,43-44,47,52-53H,4-9,17,19-32,34-35,37-42H2,1-3H3,(H,66,79)(H,67,85)(H,68,80)(H,69,86)(H,82,83)/t47-,52+,53+,62?/m1/s1. The molecule has 6 rings (SSSR count). The fourth-order valence-corrected chi connectivity index (χ4v) is 11.0. The van der Waals surface area contributed by atoms with Crippen molar-refractivity contribution in [3.63, 3.8) is 0 Å². The number of nitrogens with zero attached hydrogens (tertiary/aromatic N) is 9. The van der Waals surface area contributed by atoms with Crippen LogP contribution < -0.4 is 26.0 Å². The largest absolute Gasteiger partial charge is 0.494 e. The maximum absolute atomic E-state index is 14.6. The molecule has 1 unspecified atom stereocenters. The van der Waals surface area contributed by atoms with Gasteiger partial charge in [0.15, 0.2) is 0 Å². The van der Waals surface area contributed by atoms with E-state index in [1.54, 1.807) is 32.9 Å². The molecule has 3 aromatic rings. The number of halogens is 1. The molecule has 0 spiro atoms. The number of rotatable bonds is 32. The minimum absolute atomic E-state index is 0.0185. The van der Waals surface area contributed by atoms with Crippen LogP contribution in [0, 0.1) is 18.3 Å². The molecule has 3 aliphatic rings. The quantitative estimate of drug-likeness (QED) is 0.0239. The SMILES string of the molecule is COC(=O)C[C@H](NC(=O)[C@H](CCCNC(=O)CCCc1ccc(C)cc1)NC(=O)CN1CCN(COC=O)CCN(COC=O)CCN(CC(=O)O)CC1)C(=O)N1CCN(CCCOc2ccc3nccc(C(=O)NCC(=O)N4CC(C)(F)C[C@@H]4C#N)c3c2)CC1. The van der Waals surface area contributed by atoms with Crippen LogP contribution >= 0.6 is 0 Å². The van der Waals surface area contributed by atoms with Gasteiger partial charge in [-0.3, -0.25) is 77.4 Å². The lowest BCUT2D eigenvalue weighted by molar-refractivity contribution is -0.147. The van der Waals surface area contributed by atoms with E-state index in [0.29, 0.717) is 94.7 Å². The topological polar surface area (TPSA) is 335 Å². The minimum atomic E-state index is -1.71. The fourth-order valence-electron chi connectivity index (χ4n) is 11.0. The second kappa shape index (κ2) is 37.0. The molecule has 0 bridgehead atoms. The number of hydrogen-bond donors (Lipinski definition) is 5. The van der Waals surface area contributed by atoms with E-state index in [-0.39, 0.29) is 123 Å². The monoisotopic (exact) mass is 1270 g/mol. The van der Waals surface area contributed by atoms with Gasteiger partial charge in [0.25, 0.3) is 18.9 Å². The van der Waals surface area contributed by atoms with Crippen molar-refractivity contribution in [1.82, 2.24) is 60.6 Å². The van der Waals surface area contributed by atoms with Gasteiger partial charge < -0.3 is 55.1 Å². The number of pyridine rings is 1. The summed E-state index contributed by atoms with van der Waals surface area (Å²) >= 11 is 0. The number of amides is 6. The Morgan fingerprint density at radius 2 is 1.42 bits per heavy atom. The number of carboxylic acid groups (broad SMARTS) is 1. The summed E-state index contributed by atoms with van der Waals surface area (Å²) in [6.07, 6.45) is 3.26. The summed E-state index contributed by atoms with van der Waals surface area (Å²) in [4.78, 5) is 146. The molecule has 4 atom stereocenters. The predicted molar refractivity (Wildman–Crippen MR) is 327 cm³/mol. The number of likely N-dealkylation sites (tertiary alicyclic amines) is 1. The van der Waals surface area contributed by atoms with Crippen molar-refractivity contribution in [1.29, 1.82) is 5.26 Å². The van der Waals surface area contributed by atoms with E-state index in [9.17, 15) is 62.7 Å². The first kappa shape index (κ1) is 71.6. The number of nitriles is 1. The highest BCUT2D eigenvalue weighted by Crippen LogP contribution is 2.30. The van der Waals surface area contributed by atoms with E-state index in [4.69, 9.17) is 18.9 Å². The molecule has 3 fully saturated rings. The summed E-state index contributed by atoms with van der Waals surface area (Å²) in [5.41, 5.74) is 1.28. The molecule has 28 nitrogen and oxygen atoms in total. The van der Waals surface area contributed by atoms with Crippen molar-refractivity contribution >= 4 is 71.2 Å². The second-order valence-electron chi connectivity index (χ2n) is 23.1. The number of piperazine rings is 1. The van der Waals surface area contributed by atoms with Gasteiger partial charge >= 0.3 is 11.9 Å². The third kappa shape index (κ3) is 24.4. The normalized spacial score (nSPS) is 18.9. The van der Waals surface area contributed by atoms with Gasteiger partial charge in [-0.25, -0.2) is 4.39 Å². The summed E-state index contributed by atoms with van der Waals surface area (Å²) in [5.74, 6) is -4.56. The van der Waals surface area contributed by atoms with Crippen molar-refractivity contribution in [3.05, 3.63) is 71.4 Å². The number of aromatic nitrogens is 1. The number of aryl methyl sites for hydroxylation is 2. The van der Waals surface area contributed by atoms with Crippen LogP contribution in [0.1, 0.15) is 73.4 Å². The van der Waals surface area contributed by atoms with Crippen molar-refractivity contribution < 1.29 is 76.4 Å². The first-order chi connectivity index (χ1) is 43.8. The van der Waals surface area contributed by atoms with E-state index < -0.39 is 78.2 Å². The van der Waals surface area contributed by atoms with Crippen LogP contribution in [0.2, 0.25) is 0 Å². The van der Waals surface area contributed by atoms with Crippen LogP contribution in [0.25, 0.3) is 10.9 Å². The third-order valence-corrected chi connectivity index (χ3v) is 16.0. The Morgan fingerprint density at radius 1 is 0.780 bits per heavy atom. The van der Waals surface area contributed by atoms with Gasteiger partial charge in [0, 0.05) is 116 Å². The molecule has 0 saturated carbocycles. The van der Waals surface area contributed by atoms with E-state index in [2.05, 4.69) is 31.2 Å². The summed E-state index contributed by atoms with van der Waals surface area (Å²) in [7, 11) is 1.16. The summed E-state index contributed by atoms with van der Waals surface area (Å²) in [5, 5.41) is 30.7. The number of fused-ring (bicyclic) bond motifs is 1. The summed E-state index contributed by atoms with van der Waals surface area (Å²) in [6, 6.07) is 13.1. The number of carbonyl (C=O) groups is 10. The Kier molecular flexibility index (Phi) is 29.2. The van der Waals surface area contributed by atoms with Crippen LogP contribution in [0.5, 0.6) is 5.75 Å².